The van der Waals surface area contributed by atoms with E-state index in [-0.39, 0.29) is 5.56 Å². The van der Waals surface area contributed by atoms with E-state index in [4.69, 9.17) is 5.11 Å². The van der Waals surface area contributed by atoms with Crippen molar-refractivity contribution in [1.29, 1.82) is 0 Å². The molecule has 0 radical (unpaired) electrons. The standard InChI is InChI=1S/C12H11N3O3S/c1-2-7-3-8-10(19-7)4-9-12(18)15(5-11(16)17)13-6-14(8)9/h3-4,6H,2,5H2,1H3,(H,16,17). The molecule has 0 spiro atoms. The van der Waals surface area contributed by atoms with Crippen LogP contribution in [0.5, 0.6) is 0 Å². The second kappa shape index (κ2) is 4.20. The number of aliphatic carboxylic acids is 1. The molecule has 0 aliphatic carbocycles. The first-order chi connectivity index (χ1) is 9.10. The lowest BCUT2D eigenvalue weighted by Gasteiger charge is -2.01. The van der Waals surface area contributed by atoms with Crippen molar-refractivity contribution in [1.82, 2.24) is 14.2 Å². The average Bonchev–Trinajstić information content (AvgIpc) is 2.89. The maximum atomic E-state index is 12.1. The summed E-state index contributed by atoms with van der Waals surface area (Å²) in [6.07, 6.45) is 2.44. The molecule has 0 aromatic carbocycles. The Morgan fingerprint density at radius 1 is 1.42 bits per heavy atom. The molecule has 19 heavy (non-hydrogen) atoms. The molecule has 0 saturated heterocycles. The smallest absolute Gasteiger partial charge is 0.325 e. The minimum Gasteiger partial charge on any atom is -0.480 e. The highest BCUT2D eigenvalue weighted by Gasteiger charge is 2.12. The van der Waals surface area contributed by atoms with Gasteiger partial charge in [0, 0.05) is 4.88 Å². The van der Waals surface area contributed by atoms with Gasteiger partial charge >= 0.3 is 5.97 Å². The maximum absolute atomic E-state index is 12.1. The Bertz CT molecular complexity index is 843. The number of nitrogens with zero attached hydrogens (tertiary/aromatic N) is 3. The van der Waals surface area contributed by atoms with Gasteiger partial charge in [-0.2, -0.15) is 5.10 Å². The van der Waals surface area contributed by atoms with Crippen LogP contribution in [0.4, 0.5) is 0 Å². The summed E-state index contributed by atoms with van der Waals surface area (Å²) in [7, 11) is 0. The van der Waals surface area contributed by atoms with Crippen LogP contribution in [-0.4, -0.2) is 25.3 Å². The Kier molecular flexibility index (Phi) is 2.63. The fourth-order valence-electron chi connectivity index (χ4n) is 2.06. The largest absolute Gasteiger partial charge is 0.480 e. The van der Waals surface area contributed by atoms with Gasteiger partial charge in [-0.15, -0.1) is 11.3 Å². The summed E-state index contributed by atoms with van der Waals surface area (Å²) >= 11 is 1.64. The summed E-state index contributed by atoms with van der Waals surface area (Å²) < 4.78 is 3.69. The number of fused-ring (bicyclic) bond motifs is 3. The van der Waals surface area contributed by atoms with E-state index in [0.29, 0.717) is 5.52 Å². The number of aryl methyl sites for hydroxylation is 1. The molecule has 3 heterocycles. The molecule has 0 fully saturated rings. The first-order valence-corrected chi connectivity index (χ1v) is 6.63. The van der Waals surface area contributed by atoms with Gasteiger partial charge in [-0.25, -0.2) is 4.68 Å². The van der Waals surface area contributed by atoms with Crippen LogP contribution in [0.15, 0.2) is 23.3 Å². The van der Waals surface area contributed by atoms with E-state index in [1.165, 1.54) is 11.2 Å². The Hall–Kier alpha value is -2.15. The van der Waals surface area contributed by atoms with Crippen molar-refractivity contribution in [2.45, 2.75) is 19.9 Å². The molecule has 0 unspecified atom stereocenters. The second-order valence-electron chi connectivity index (χ2n) is 4.20. The fraction of sp³-hybridized carbons (Fsp3) is 0.250. The van der Waals surface area contributed by atoms with Crippen LogP contribution in [-0.2, 0) is 17.8 Å². The van der Waals surface area contributed by atoms with Gasteiger partial charge in [-0.1, -0.05) is 6.92 Å². The van der Waals surface area contributed by atoms with Crippen LogP contribution < -0.4 is 5.56 Å². The molecular formula is C12H11N3O3S. The molecule has 3 aromatic rings. The van der Waals surface area contributed by atoms with E-state index in [9.17, 15) is 9.59 Å². The molecule has 98 valence electrons. The molecule has 3 rings (SSSR count). The van der Waals surface area contributed by atoms with Gasteiger partial charge in [0.15, 0.2) is 0 Å². The summed E-state index contributed by atoms with van der Waals surface area (Å²) in [6, 6.07) is 3.83. The molecule has 0 atom stereocenters. The molecular weight excluding hydrogens is 266 g/mol. The number of carbonyl (C=O) groups is 1. The van der Waals surface area contributed by atoms with Gasteiger partial charge in [0.25, 0.3) is 5.56 Å². The van der Waals surface area contributed by atoms with Gasteiger partial charge in [-0.05, 0) is 18.6 Å². The third kappa shape index (κ3) is 1.82. The normalized spacial score (nSPS) is 11.4. The first-order valence-electron chi connectivity index (χ1n) is 5.81. The van der Waals surface area contributed by atoms with E-state index >= 15 is 0 Å². The van der Waals surface area contributed by atoms with Crippen molar-refractivity contribution in [2.75, 3.05) is 0 Å². The number of hydrogen-bond acceptors (Lipinski definition) is 4. The number of carboxylic acid groups (broad SMARTS) is 1. The fourth-order valence-corrected chi connectivity index (χ4v) is 3.09. The van der Waals surface area contributed by atoms with E-state index in [2.05, 4.69) is 12.0 Å². The Balaban J connectivity index is 2.27. The van der Waals surface area contributed by atoms with Crippen molar-refractivity contribution in [3.8, 4) is 0 Å². The topological polar surface area (TPSA) is 76.6 Å². The predicted molar refractivity (Wildman–Crippen MR) is 71.8 cm³/mol. The Labute approximate surface area is 111 Å². The van der Waals surface area contributed by atoms with Crippen molar-refractivity contribution < 1.29 is 9.90 Å². The van der Waals surface area contributed by atoms with Gasteiger partial charge in [0.2, 0.25) is 0 Å². The van der Waals surface area contributed by atoms with Crippen LogP contribution in [0, 0.1) is 0 Å². The highest BCUT2D eigenvalue weighted by molar-refractivity contribution is 7.19. The predicted octanol–water partition coefficient (Wildman–Crippen LogP) is 1.36. The summed E-state index contributed by atoms with van der Waals surface area (Å²) in [6.45, 7) is 1.66. The monoisotopic (exact) mass is 277 g/mol. The molecule has 0 saturated carbocycles. The molecule has 0 aliphatic heterocycles. The summed E-state index contributed by atoms with van der Waals surface area (Å²) in [5.41, 5.74) is 1.02. The van der Waals surface area contributed by atoms with Gasteiger partial charge in [0.05, 0.1) is 10.2 Å². The SMILES string of the molecule is CCc1cc2c(cc3c(=O)n(CC(=O)O)ncn32)s1. The Morgan fingerprint density at radius 2 is 2.21 bits per heavy atom. The zero-order valence-corrected chi connectivity index (χ0v) is 11.0. The highest BCUT2D eigenvalue weighted by Crippen LogP contribution is 2.27. The number of aromatic nitrogens is 3. The summed E-state index contributed by atoms with van der Waals surface area (Å²) in [4.78, 5) is 24.0. The minimum absolute atomic E-state index is 0.383. The second-order valence-corrected chi connectivity index (χ2v) is 5.37. The van der Waals surface area contributed by atoms with Crippen LogP contribution in [0.2, 0.25) is 0 Å². The lowest BCUT2D eigenvalue weighted by atomic mass is 10.3. The van der Waals surface area contributed by atoms with Crippen LogP contribution in [0.1, 0.15) is 11.8 Å². The first kappa shape index (κ1) is 11.9. The number of carboxylic acids is 1. The van der Waals surface area contributed by atoms with Crippen molar-refractivity contribution in [3.63, 3.8) is 0 Å². The molecule has 0 aliphatic rings. The minimum atomic E-state index is -1.08. The van der Waals surface area contributed by atoms with E-state index in [0.717, 1.165) is 21.3 Å². The number of thiophene rings is 1. The summed E-state index contributed by atoms with van der Waals surface area (Å²) in [5.74, 6) is -1.08. The van der Waals surface area contributed by atoms with Crippen LogP contribution in [0.3, 0.4) is 0 Å². The van der Waals surface area contributed by atoms with Crippen molar-refractivity contribution in [3.05, 3.63) is 33.7 Å². The summed E-state index contributed by atoms with van der Waals surface area (Å²) in [5, 5.41) is 12.6. The third-order valence-electron chi connectivity index (χ3n) is 2.97. The molecule has 1 N–H and O–H groups in total. The number of rotatable bonds is 3. The highest BCUT2D eigenvalue weighted by atomic mass is 32.1. The van der Waals surface area contributed by atoms with Crippen LogP contribution in [0.25, 0.3) is 15.7 Å². The molecule has 0 amide bonds. The van der Waals surface area contributed by atoms with Gasteiger partial charge in [0.1, 0.15) is 18.4 Å². The Morgan fingerprint density at radius 3 is 2.89 bits per heavy atom. The average molecular weight is 277 g/mol. The van der Waals surface area contributed by atoms with Gasteiger partial charge in [-0.3, -0.25) is 14.0 Å². The zero-order chi connectivity index (χ0) is 13.6. The van der Waals surface area contributed by atoms with Crippen molar-refractivity contribution in [2.24, 2.45) is 0 Å². The molecule has 6 nitrogen and oxygen atoms in total. The van der Waals surface area contributed by atoms with E-state index in [1.807, 2.05) is 6.07 Å². The zero-order valence-electron chi connectivity index (χ0n) is 10.2. The molecule has 0 bridgehead atoms. The maximum Gasteiger partial charge on any atom is 0.325 e. The quantitative estimate of drug-likeness (QED) is 0.784. The van der Waals surface area contributed by atoms with Crippen LogP contribution >= 0.6 is 11.3 Å². The molecule has 7 heteroatoms. The number of hydrogen-bond donors (Lipinski definition) is 1. The van der Waals surface area contributed by atoms with Gasteiger partial charge < -0.3 is 5.11 Å². The van der Waals surface area contributed by atoms with E-state index < -0.39 is 12.5 Å². The van der Waals surface area contributed by atoms with Crippen molar-refractivity contribution >= 4 is 33.0 Å². The molecule has 3 aromatic heterocycles. The lowest BCUT2D eigenvalue weighted by molar-refractivity contribution is -0.138. The van der Waals surface area contributed by atoms with E-state index in [1.54, 1.807) is 21.8 Å². The lowest BCUT2D eigenvalue weighted by Crippen LogP contribution is -2.27. The third-order valence-corrected chi connectivity index (χ3v) is 4.19.